The molecule has 0 saturated carbocycles. The molecule has 0 radical (unpaired) electrons. The van der Waals surface area contributed by atoms with E-state index in [0.717, 1.165) is 51.9 Å². The number of nitrogens with one attached hydrogen (secondary N) is 2. The van der Waals surface area contributed by atoms with E-state index in [1.165, 1.54) is 10.4 Å². The van der Waals surface area contributed by atoms with Gasteiger partial charge in [0.25, 0.3) is 0 Å². The van der Waals surface area contributed by atoms with E-state index >= 15 is 0 Å². The second-order valence-electron chi connectivity index (χ2n) is 8.08. The van der Waals surface area contributed by atoms with Gasteiger partial charge >= 0.3 is 0 Å². The number of nitrogens with zero attached hydrogens (tertiary/aromatic N) is 4. The summed E-state index contributed by atoms with van der Waals surface area (Å²) < 4.78 is 5.40. The molecule has 9 heteroatoms. The van der Waals surface area contributed by atoms with Gasteiger partial charge in [-0.2, -0.15) is 5.10 Å². The molecule has 31 heavy (non-hydrogen) atoms. The summed E-state index contributed by atoms with van der Waals surface area (Å²) in [5, 5.41) is 12.7. The number of anilines is 2. The molecule has 1 amide bonds. The van der Waals surface area contributed by atoms with E-state index < -0.39 is 0 Å². The smallest absolute Gasteiger partial charge is 0.226 e. The van der Waals surface area contributed by atoms with Crippen molar-refractivity contribution < 1.29 is 9.53 Å². The maximum absolute atomic E-state index is 13.0. The molecule has 0 spiro atoms. The molecule has 4 heterocycles. The summed E-state index contributed by atoms with van der Waals surface area (Å²) in [6.45, 7) is 2.69. The number of amides is 1. The number of aromatic amines is 1. The second-order valence-corrected chi connectivity index (χ2v) is 9.16. The Labute approximate surface area is 182 Å². The minimum absolute atomic E-state index is 0.0477. The van der Waals surface area contributed by atoms with Crippen LogP contribution in [-0.2, 0) is 22.4 Å². The number of carbonyl (C=O) groups excluding carboxylic acids is 1. The number of ether oxygens (including phenoxy) is 1. The van der Waals surface area contributed by atoms with Gasteiger partial charge in [0.15, 0.2) is 0 Å². The van der Waals surface area contributed by atoms with E-state index in [-0.39, 0.29) is 11.8 Å². The Morgan fingerprint density at radius 2 is 2.16 bits per heavy atom. The second kappa shape index (κ2) is 7.58. The van der Waals surface area contributed by atoms with Crippen LogP contribution in [0.3, 0.4) is 0 Å². The number of H-pyrrole nitrogens is 1. The molecule has 0 unspecified atom stereocenters. The summed E-state index contributed by atoms with van der Waals surface area (Å²) in [5.74, 6) is 1.14. The van der Waals surface area contributed by atoms with Gasteiger partial charge in [-0.3, -0.25) is 9.89 Å². The van der Waals surface area contributed by atoms with E-state index in [2.05, 4.69) is 31.5 Å². The first kappa shape index (κ1) is 18.7. The zero-order valence-electron chi connectivity index (χ0n) is 16.9. The van der Waals surface area contributed by atoms with Crippen molar-refractivity contribution in [2.75, 3.05) is 31.6 Å². The number of hydrogen-bond acceptors (Lipinski definition) is 7. The lowest BCUT2D eigenvalue weighted by Crippen LogP contribution is -2.44. The molecule has 6 rings (SSSR count). The number of aryl methyl sites for hydroxylation is 1. The highest BCUT2D eigenvalue weighted by molar-refractivity contribution is 7.19. The molecule has 1 aromatic carbocycles. The highest BCUT2D eigenvalue weighted by Gasteiger charge is 2.32. The van der Waals surface area contributed by atoms with Crippen molar-refractivity contribution in [3.63, 3.8) is 0 Å². The first-order valence-corrected chi connectivity index (χ1v) is 11.4. The van der Waals surface area contributed by atoms with E-state index in [0.29, 0.717) is 26.3 Å². The van der Waals surface area contributed by atoms with Gasteiger partial charge in [0.05, 0.1) is 30.3 Å². The van der Waals surface area contributed by atoms with Crippen LogP contribution >= 0.6 is 11.3 Å². The first-order chi connectivity index (χ1) is 15.3. The quantitative estimate of drug-likeness (QED) is 0.514. The molecule has 2 N–H and O–H groups in total. The molecule has 1 fully saturated rings. The predicted octanol–water partition coefficient (Wildman–Crippen LogP) is 3.27. The first-order valence-electron chi connectivity index (χ1n) is 10.6. The van der Waals surface area contributed by atoms with Crippen LogP contribution in [0.15, 0.2) is 30.7 Å². The lowest BCUT2D eigenvalue weighted by molar-refractivity contribution is -0.140. The van der Waals surface area contributed by atoms with Crippen molar-refractivity contribution in [1.29, 1.82) is 0 Å². The van der Waals surface area contributed by atoms with Gasteiger partial charge in [-0.25, -0.2) is 9.97 Å². The highest BCUT2D eigenvalue weighted by Crippen LogP contribution is 2.41. The fourth-order valence-corrected chi connectivity index (χ4v) is 5.88. The number of morpholine rings is 1. The number of rotatable bonds is 3. The summed E-state index contributed by atoms with van der Waals surface area (Å²) in [5.41, 5.74) is 3.26. The minimum Gasteiger partial charge on any atom is -0.378 e. The largest absolute Gasteiger partial charge is 0.378 e. The molecule has 2 aliphatic rings. The molecule has 1 aliphatic heterocycles. The van der Waals surface area contributed by atoms with Crippen LogP contribution in [0.2, 0.25) is 0 Å². The standard InChI is InChI=1S/C22H22N6O2S/c29-22(28-5-7-30-8-6-28)13-1-3-16-18(10-13)31-21-19(16)20(23-12-24-21)26-15-2-4-17-14(9-15)11-25-27-17/h2,4,9,11-13H,1,3,5-8,10H2,(H,25,27)(H,23,24,26)/t13-/m0/s1. The number of thiophene rings is 1. The SMILES string of the molecule is O=C([C@H]1CCc2c(sc3ncnc(Nc4ccc5[nH]ncc5c4)c23)C1)N1CCOCC1. The van der Waals surface area contributed by atoms with Crippen molar-refractivity contribution in [2.45, 2.75) is 19.3 Å². The van der Waals surface area contributed by atoms with E-state index in [1.54, 1.807) is 17.7 Å². The summed E-state index contributed by atoms with van der Waals surface area (Å²) in [6, 6.07) is 6.08. The molecule has 1 saturated heterocycles. The fraction of sp³-hybridized carbons (Fsp3) is 0.364. The Morgan fingerprint density at radius 3 is 3.06 bits per heavy atom. The van der Waals surface area contributed by atoms with Crippen LogP contribution < -0.4 is 5.32 Å². The number of aromatic nitrogens is 4. The molecular weight excluding hydrogens is 412 g/mol. The third-order valence-electron chi connectivity index (χ3n) is 6.22. The molecule has 158 valence electrons. The maximum atomic E-state index is 13.0. The molecule has 4 aromatic rings. The summed E-state index contributed by atoms with van der Waals surface area (Å²) >= 11 is 1.69. The average molecular weight is 435 g/mol. The van der Waals surface area contributed by atoms with E-state index in [1.807, 2.05) is 23.2 Å². The molecule has 8 nitrogen and oxygen atoms in total. The van der Waals surface area contributed by atoms with Crippen molar-refractivity contribution in [1.82, 2.24) is 25.1 Å². The van der Waals surface area contributed by atoms with E-state index in [9.17, 15) is 4.79 Å². The van der Waals surface area contributed by atoms with Crippen molar-refractivity contribution in [3.05, 3.63) is 41.2 Å². The molecule has 1 atom stereocenters. The van der Waals surface area contributed by atoms with Gasteiger partial charge in [-0.1, -0.05) is 0 Å². The van der Waals surface area contributed by atoms with Crippen molar-refractivity contribution >= 4 is 49.9 Å². The maximum Gasteiger partial charge on any atom is 0.226 e. The summed E-state index contributed by atoms with van der Waals surface area (Å²) in [7, 11) is 0. The highest BCUT2D eigenvalue weighted by atomic mass is 32.1. The lowest BCUT2D eigenvalue weighted by Gasteiger charge is -2.31. The fourth-order valence-electron chi connectivity index (χ4n) is 4.61. The third kappa shape index (κ3) is 3.34. The zero-order valence-corrected chi connectivity index (χ0v) is 17.7. The number of fused-ring (bicyclic) bond motifs is 4. The van der Waals surface area contributed by atoms with Crippen molar-refractivity contribution in [2.24, 2.45) is 5.92 Å². The van der Waals surface area contributed by atoms with Gasteiger partial charge < -0.3 is 15.0 Å². The molecule has 1 aliphatic carbocycles. The van der Waals surface area contributed by atoms with Crippen LogP contribution in [0, 0.1) is 5.92 Å². The minimum atomic E-state index is 0.0477. The van der Waals surface area contributed by atoms with Gasteiger partial charge in [-0.15, -0.1) is 11.3 Å². The third-order valence-corrected chi connectivity index (χ3v) is 7.38. The summed E-state index contributed by atoms with van der Waals surface area (Å²) in [6.07, 6.45) is 5.95. The van der Waals surface area contributed by atoms with Crippen LogP contribution in [-0.4, -0.2) is 57.3 Å². The Balaban J connectivity index is 1.30. The van der Waals surface area contributed by atoms with E-state index in [4.69, 9.17) is 4.74 Å². The normalized spacial score (nSPS) is 19.0. The Kier molecular flexibility index (Phi) is 4.57. The lowest BCUT2D eigenvalue weighted by atomic mass is 9.86. The molecule has 3 aromatic heterocycles. The number of carbonyl (C=O) groups is 1. The van der Waals surface area contributed by atoms with Crippen LogP contribution in [0.4, 0.5) is 11.5 Å². The Bertz CT molecular complexity index is 1280. The zero-order chi connectivity index (χ0) is 20.8. The van der Waals surface area contributed by atoms with Crippen LogP contribution in [0.5, 0.6) is 0 Å². The van der Waals surface area contributed by atoms with Gasteiger partial charge in [-0.05, 0) is 43.0 Å². The van der Waals surface area contributed by atoms with Gasteiger partial charge in [0, 0.05) is 35.0 Å². The number of benzene rings is 1. The predicted molar refractivity (Wildman–Crippen MR) is 120 cm³/mol. The Morgan fingerprint density at radius 1 is 1.26 bits per heavy atom. The van der Waals surface area contributed by atoms with Crippen LogP contribution in [0.25, 0.3) is 21.1 Å². The summed E-state index contributed by atoms with van der Waals surface area (Å²) in [4.78, 5) is 26.3. The van der Waals surface area contributed by atoms with Gasteiger partial charge in [0.2, 0.25) is 5.91 Å². The molecule has 0 bridgehead atoms. The van der Waals surface area contributed by atoms with Gasteiger partial charge in [0.1, 0.15) is 17.0 Å². The average Bonchev–Trinajstić information content (AvgIpc) is 3.43. The Hall–Kier alpha value is -3.04. The van der Waals surface area contributed by atoms with Crippen molar-refractivity contribution in [3.8, 4) is 0 Å². The number of hydrogen-bond donors (Lipinski definition) is 2. The topological polar surface area (TPSA) is 96.0 Å². The monoisotopic (exact) mass is 434 g/mol. The van der Waals surface area contributed by atoms with Crippen LogP contribution in [0.1, 0.15) is 16.9 Å². The molecular formula is C22H22N6O2S.